The number of methoxy groups -OCH3 is 1. The average Bonchev–Trinajstić information content (AvgIpc) is 2.77. The number of halogens is 3. The Morgan fingerprint density at radius 1 is 1.03 bits per heavy atom. The number of hydrogen-bond donors (Lipinski definition) is 1. The van der Waals surface area contributed by atoms with Crippen LogP contribution in [0.5, 0.6) is 5.75 Å². The molecule has 1 fully saturated rings. The van der Waals surface area contributed by atoms with Crippen LogP contribution in [0.3, 0.4) is 0 Å². The quantitative estimate of drug-likeness (QED) is 0.612. The van der Waals surface area contributed by atoms with E-state index < -0.39 is 0 Å². The minimum Gasteiger partial charge on any atom is -0.495 e. The zero-order chi connectivity index (χ0) is 22.5. The molecule has 2 amide bonds. The van der Waals surface area contributed by atoms with Crippen LogP contribution in [0.2, 0.25) is 15.1 Å². The third kappa shape index (κ3) is 5.45. The first kappa shape index (κ1) is 23.3. The number of carbonyl (C=O) groups is 2. The molecule has 164 valence electrons. The average molecular weight is 483 g/mol. The van der Waals surface area contributed by atoms with E-state index in [4.69, 9.17) is 39.5 Å². The van der Waals surface area contributed by atoms with Crippen molar-refractivity contribution in [1.29, 1.82) is 0 Å². The zero-order valence-corrected chi connectivity index (χ0v) is 19.2. The van der Waals surface area contributed by atoms with Crippen molar-refractivity contribution in [2.45, 2.75) is 0 Å². The fourth-order valence-corrected chi connectivity index (χ4v) is 4.13. The van der Waals surface area contributed by atoms with E-state index in [2.05, 4.69) is 11.9 Å². The summed E-state index contributed by atoms with van der Waals surface area (Å²) in [7, 11) is 1.53. The second kappa shape index (κ2) is 10.3. The highest BCUT2D eigenvalue weighted by molar-refractivity contribution is 6.38. The summed E-state index contributed by atoms with van der Waals surface area (Å²) in [6.45, 7) is 5.49. The summed E-state index contributed by atoms with van der Waals surface area (Å²) in [5, 5.41) is 4.58. The van der Waals surface area contributed by atoms with Crippen LogP contribution in [0.4, 0.5) is 5.69 Å². The Bertz CT molecular complexity index is 1000. The van der Waals surface area contributed by atoms with Crippen molar-refractivity contribution < 1.29 is 14.3 Å². The van der Waals surface area contributed by atoms with Crippen molar-refractivity contribution in [3.05, 3.63) is 58.1 Å². The Labute approximate surface area is 196 Å². The molecule has 31 heavy (non-hydrogen) atoms. The van der Waals surface area contributed by atoms with E-state index >= 15 is 0 Å². The maximum absolute atomic E-state index is 12.7. The Hall–Kier alpha value is -2.41. The third-order valence-corrected chi connectivity index (χ3v) is 5.92. The third-order valence-electron chi connectivity index (χ3n) is 5.06. The second-order valence-corrected chi connectivity index (χ2v) is 8.17. The SMILES string of the molecule is C=CC(=O)N1CCN(C(=O)CNc2cc(-c3ccc(Cl)cc3Cl)c(Cl)cc2OC)CC1. The lowest BCUT2D eigenvalue weighted by atomic mass is 10.0. The molecule has 0 unspecified atom stereocenters. The largest absolute Gasteiger partial charge is 0.495 e. The first-order valence-electron chi connectivity index (χ1n) is 9.60. The van der Waals surface area contributed by atoms with E-state index in [1.807, 2.05) is 0 Å². The molecule has 0 aromatic heterocycles. The highest BCUT2D eigenvalue weighted by atomic mass is 35.5. The monoisotopic (exact) mass is 481 g/mol. The lowest BCUT2D eigenvalue weighted by molar-refractivity contribution is -0.135. The predicted molar refractivity (Wildman–Crippen MR) is 125 cm³/mol. The van der Waals surface area contributed by atoms with Gasteiger partial charge in [-0.15, -0.1) is 0 Å². The number of rotatable bonds is 6. The van der Waals surface area contributed by atoms with Gasteiger partial charge in [-0.1, -0.05) is 47.4 Å². The molecule has 0 saturated carbocycles. The van der Waals surface area contributed by atoms with Crippen LogP contribution in [0.1, 0.15) is 0 Å². The number of anilines is 1. The van der Waals surface area contributed by atoms with Crippen molar-refractivity contribution in [3.63, 3.8) is 0 Å². The van der Waals surface area contributed by atoms with Gasteiger partial charge >= 0.3 is 0 Å². The van der Waals surface area contributed by atoms with Gasteiger partial charge in [-0.3, -0.25) is 9.59 Å². The van der Waals surface area contributed by atoms with Gasteiger partial charge in [0.1, 0.15) is 5.75 Å². The summed E-state index contributed by atoms with van der Waals surface area (Å²) in [5.74, 6) is 0.311. The highest BCUT2D eigenvalue weighted by Gasteiger charge is 2.23. The van der Waals surface area contributed by atoms with Crippen LogP contribution in [-0.4, -0.2) is 61.4 Å². The van der Waals surface area contributed by atoms with Crippen molar-refractivity contribution in [2.75, 3.05) is 45.2 Å². The van der Waals surface area contributed by atoms with E-state index in [9.17, 15) is 9.59 Å². The fourth-order valence-electron chi connectivity index (χ4n) is 3.36. The maximum Gasteiger partial charge on any atom is 0.246 e. The van der Waals surface area contributed by atoms with Crippen molar-refractivity contribution >= 4 is 52.3 Å². The minimum atomic E-state index is -0.121. The van der Waals surface area contributed by atoms with Crippen LogP contribution in [0.25, 0.3) is 11.1 Å². The van der Waals surface area contributed by atoms with Gasteiger partial charge in [0.25, 0.3) is 0 Å². The Morgan fingerprint density at radius 2 is 1.68 bits per heavy atom. The Balaban J connectivity index is 1.73. The highest BCUT2D eigenvalue weighted by Crippen LogP contribution is 2.40. The van der Waals surface area contributed by atoms with Gasteiger partial charge in [-0.2, -0.15) is 0 Å². The molecule has 0 aliphatic carbocycles. The molecule has 6 nitrogen and oxygen atoms in total. The zero-order valence-electron chi connectivity index (χ0n) is 17.0. The first-order chi connectivity index (χ1) is 14.8. The topological polar surface area (TPSA) is 61.9 Å². The first-order valence-corrected chi connectivity index (χ1v) is 10.7. The molecule has 1 saturated heterocycles. The summed E-state index contributed by atoms with van der Waals surface area (Å²) >= 11 is 18.8. The molecule has 0 atom stereocenters. The molecule has 1 N–H and O–H groups in total. The minimum absolute atomic E-state index is 0.0706. The molecule has 0 bridgehead atoms. The molecular weight excluding hydrogens is 461 g/mol. The number of amides is 2. The van der Waals surface area contributed by atoms with Crippen LogP contribution >= 0.6 is 34.8 Å². The molecule has 2 aromatic carbocycles. The summed E-state index contributed by atoms with van der Waals surface area (Å²) in [5.41, 5.74) is 2.02. The van der Waals surface area contributed by atoms with Gasteiger partial charge in [-0.25, -0.2) is 0 Å². The molecular formula is C22H22Cl3N3O3. The molecule has 1 aliphatic heterocycles. The van der Waals surface area contributed by atoms with Gasteiger partial charge in [0.05, 0.1) is 24.4 Å². The molecule has 1 aliphatic rings. The molecule has 9 heteroatoms. The van der Waals surface area contributed by atoms with E-state index in [1.54, 1.807) is 40.1 Å². The van der Waals surface area contributed by atoms with Crippen molar-refractivity contribution in [2.24, 2.45) is 0 Å². The lowest BCUT2D eigenvalue weighted by Gasteiger charge is -2.34. The van der Waals surface area contributed by atoms with Gasteiger partial charge in [0.2, 0.25) is 11.8 Å². The lowest BCUT2D eigenvalue weighted by Crippen LogP contribution is -2.51. The van der Waals surface area contributed by atoms with Crippen molar-refractivity contribution in [3.8, 4) is 16.9 Å². The normalized spacial score (nSPS) is 13.7. The second-order valence-electron chi connectivity index (χ2n) is 6.92. The molecule has 1 heterocycles. The molecule has 3 rings (SSSR count). The summed E-state index contributed by atoms with van der Waals surface area (Å²) in [6.07, 6.45) is 1.29. The summed E-state index contributed by atoms with van der Waals surface area (Å²) < 4.78 is 5.42. The number of hydrogen-bond acceptors (Lipinski definition) is 4. The van der Waals surface area contributed by atoms with E-state index in [0.29, 0.717) is 58.2 Å². The standard InChI is InChI=1S/C22H22Cl3N3O3/c1-3-21(29)27-6-8-28(9-7-27)22(30)13-26-19-11-16(18(25)12-20(19)31-2)15-5-4-14(23)10-17(15)24/h3-5,10-12,26H,1,6-9,13H2,2H3. The Morgan fingerprint density at radius 3 is 2.29 bits per heavy atom. The van der Waals surface area contributed by atoms with Gasteiger partial charge in [0.15, 0.2) is 0 Å². The smallest absolute Gasteiger partial charge is 0.246 e. The summed E-state index contributed by atoms with van der Waals surface area (Å²) in [6, 6.07) is 8.64. The van der Waals surface area contributed by atoms with Crippen LogP contribution in [-0.2, 0) is 9.59 Å². The number of carbonyl (C=O) groups excluding carboxylic acids is 2. The van der Waals surface area contributed by atoms with E-state index in [0.717, 1.165) is 5.56 Å². The van der Waals surface area contributed by atoms with Crippen molar-refractivity contribution in [1.82, 2.24) is 9.80 Å². The van der Waals surface area contributed by atoms with Crippen LogP contribution in [0, 0.1) is 0 Å². The van der Waals surface area contributed by atoms with E-state index in [-0.39, 0.29) is 18.4 Å². The maximum atomic E-state index is 12.7. The number of benzene rings is 2. The number of piperazine rings is 1. The predicted octanol–water partition coefficient (Wildman–Crippen LogP) is 4.59. The summed E-state index contributed by atoms with van der Waals surface area (Å²) in [4.78, 5) is 27.8. The fraction of sp³-hybridized carbons (Fsp3) is 0.273. The number of nitrogens with one attached hydrogen (secondary N) is 1. The molecule has 2 aromatic rings. The van der Waals surface area contributed by atoms with E-state index in [1.165, 1.54) is 13.2 Å². The van der Waals surface area contributed by atoms with Crippen LogP contribution < -0.4 is 10.1 Å². The molecule has 0 spiro atoms. The van der Waals surface area contributed by atoms with Crippen LogP contribution in [0.15, 0.2) is 43.0 Å². The van der Waals surface area contributed by atoms with Gasteiger partial charge < -0.3 is 19.9 Å². The molecule has 0 radical (unpaired) electrons. The van der Waals surface area contributed by atoms with Gasteiger partial charge in [-0.05, 0) is 24.3 Å². The Kier molecular flexibility index (Phi) is 7.70. The van der Waals surface area contributed by atoms with Gasteiger partial charge in [0, 0.05) is 53.4 Å². The number of ether oxygens (including phenoxy) is 1. The number of nitrogens with zero attached hydrogens (tertiary/aromatic N) is 2.